The first-order valence-corrected chi connectivity index (χ1v) is 9.61. The lowest BCUT2D eigenvalue weighted by molar-refractivity contribution is -0.132. The summed E-state index contributed by atoms with van der Waals surface area (Å²) in [4.78, 5) is 25.1. The zero-order chi connectivity index (χ0) is 17.8. The molecule has 1 aromatic rings. The summed E-state index contributed by atoms with van der Waals surface area (Å²) < 4.78 is 0. The number of carbonyl (C=O) groups is 1. The summed E-state index contributed by atoms with van der Waals surface area (Å²) in [5.41, 5.74) is 2.54. The fourth-order valence-corrected chi connectivity index (χ4v) is 4.01. The summed E-state index contributed by atoms with van der Waals surface area (Å²) in [7, 11) is 0. The van der Waals surface area contributed by atoms with Crippen LogP contribution in [0.1, 0.15) is 62.8 Å². The van der Waals surface area contributed by atoms with E-state index >= 15 is 0 Å². The van der Waals surface area contributed by atoms with Crippen LogP contribution >= 0.6 is 0 Å². The molecule has 0 saturated carbocycles. The van der Waals surface area contributed by atoms with E-state index in [4.69, 9.17) is 10.2 Å². The van der Waals surface area contributed by atoms with Crippen LogP contribution in [0.2, 0.25) is 0 Å². The molecule has 136 valence electrons. The topological polar surface area (TPSA) is 76.0 Å². The molecule has 0 radical (unpaired) electrons. The average Bonchev–Trinajstić information content (AvgIpc) is 3.25. The first-order valence-electron chi connectivity index (χ1n) is 9.61. The molecule has 6 nitrogen and oxygen atoms in total. The minimum atomic E-state index is -0.130. The van der Waals surface area contributed by atoms with Crippen molar-refractivity contribution in [3.8, 4) is 6.07 Å². The van der Waals surface area contributed by atoms with Gasteiger partial charge in [-0.3, -0.25) is 9.69 Å². The number of H-pyrrole nitrogens is 1. The van der Waals surface area contributed by atoms with Crippen LogP contribution in [0.15, 0.2) is 0 Å². The Kier molecular flexibility index (Phi) is 5.74. The molecule has 2 atom stereocenters. The third-order valence-electron chi connectivity index (χ3n) is 5.44. The summed E-state index contributed by atoms with van der Waals surface area (Å²) in [6, 6.07) is 2.44. The van der Waals surface area contributed by atoms with Crippen molar-refractivity contribution in [1.82, 2.24) is 19.8 Å². The van der Waals surface area contributed by atoms with Crippen molar-refractivity contribution < 1.29 is 4.79 Å². The molecule has 0 aromatic carbocycles. The molecule has 2 unspecified atom stereocenters. The Morgan fingerprint density at radius 2 is 2.24 bits per heavy atom. The van der Waals surface area contributed by atoms with Crippen LogP contribution in [-0.2, 0) is 17.6 Å². The standard InChI is InChI=1S/C19H29N5O/c1-3-23(12-14(2)11-20)18(25)13-24-10-6-9-17(24)19-21-15-7-4-5-8-16(15)22-19/h14,17H,3-10,12-13H2,1-2H3,(H,21,22). The van der Waals surface area contributed by atoms with Gasteiger partial charge >= 0.3 is 0 Å². The predicted octanol–water partition coefficient (Wildman–Crippen LogP) is 2.43. The maximum atomic E-state index is 12.7. The number of nitriles is 1. The summed E-state index contributed by atoms with van der Waals surface area (Å²) in [6.45, 7) is 6.36. The highest BCUT2D eigenvalue weighted by Gasteiger charge is 2.32. The Morgan fingerprint density at radius 3 is 2.96 bits per heavy atom. The number of hydrogen-bond donors (Lipinski definition) is 1. The lowest BCUT2D eigenvalue weighted by atomic mass is 10.0. The van der Waals surface area contributed by atoms with E-state index in [9.17, 15) is 4.79 Å². The van der Waals surface area contributed by atoms with Crippen LogP contribution < -0.4 is 0 Å². The zero-order valence-corrected chi connectivity index (χ0v) is 15.4. The monoisotopic (exact) mass is 343 g/mol. The molecule has 6 heteroatoms. The first kappa shape index (κ1) is 17.9. The normalized spacial score (nSPS) is 21.6. The maximum absolute atomic E-state index is 12.7. The fourth-order valence-electron chi connectivity index (χ4n) is 4.01. The van der Waals surface area contributed by atoms with E-state index in [2.05, 4.69) is 16.0 Å². The van der Waals surface area contributed by atoms with Crippen molar-refractivity contribution in [2.75, 3.05) is 26.2 Å². The SMILES string of the molecule is CCN(CC(C)C#N)C(=O)CN1CCCC1c1nc2c([nH]1)CCCC2. The lowest BCUT2D eigenvalue weighted by Gasteiger charge is -2.27. The van der Waals surface area contributed by atoms with Gasteiger partial charge in [-0.2, -0.15) is 5.26 Å². The van der Waals surface area contributed by atoms with Gasteiger partial charge in [-0.25, -0.2) is 4.98 Å². The third-order valence-corrected chi connectivity index (χ3v) is 5.44. The van der Waals surface area contributed by atoms with Crippen LogP contribution in [0.4, 0.5) is 0 Å². The number of amides is 1. The highest BCUT2D eigenvalue weighted by Crippen LogP contribution is 2.32. The third kappa shape index (κ3) is 4.04. The Bertz CT molecular complexity index is 623. The van der Waals surface area contributed by atoms with Gasteiger partial charge in [0.1, 0.15) is 5.82 Å². The molecule has 0 spiro atoms. The number of likely N-dealkylation sites (N-methyl/N-ethyl adjacent to an activating group) is 1. The molecule has 1 aromatic heterocycles. The number of aromatic nitrogens is 2. The molecule has 3 rings (SSSR count). The van der Waals surface area contributed by atoms with Crippen molar-refractivity contribution in [1.29, 1.82) is 5.26 Å². The van der Waals surface area contributed by atoms with Crippen molar-refractivity contribution in [2.45, 2.75) is 58.4 Å². The highest BCUT2D eigenvalue weighted by atomic mass is 16.2. The summed E-state index contributed by atoms with van der Waals surface area (Å²) in [5.74, 6) is 1.04. The molecule has 25 heavy (non-hydrogen) atoms. The molecule has 1 aliphatic carbocycles. The maximum Gasteiger partial charge on any atom is 0.236 e. The highest BCUT2D eigenvalue weighted by molar-refractivity contribution is 5.78. The number of aryl methyl sites for hydroxylation is 2. The summed E-state index contributed by atoms with van der Waals surface area (Å²) in [6.07, 6.45) is 6.80. The molecular formula is C19H29N5O. The van der Waals surface area contributed by atoms with Gasteiger partial charge in [-0.05, 0) is 58.9 Å². The van der Waals surface area contributed by atoms with E-state index in [0.29, 0.717) is 19.6 Å². The van der Waals surface area contributed by atoms with Crippen LogP contribution in [0.5, 0.6) is 0 Å². The van der Waals surface area contributed by atoms with E-state index in [0.717, 1.165) is 38.1 Å². The lowest BCUT2D eigenvalue weighted by Crippen LogP contribution is -2.42. The molecule has 1 saturated heterocycles. The van der Waals surface area contributed by atoms with Gasteiger partial charge in [-0.1, -0.05) is 0 Å². The molecule has 2 aliphatic rings. The van der Waals surface area contributed by atoms with Crippen molar-refractivity contribution in [3.63, 3.8) is 0 Å². The van der Waals surface area contributed by atoms with E-state index in [1.165, 1.54) is 24.2 Å². The van der Waals surface area contributed by atoms with Crippen LogP contribution in [0.25, 0.3) is 0 Å². The van der Waals surface area contributed by atoms with Crippen molar-refractivity contribution in [2.24, 2.45) is 5.92 Å². The second-order valence-electron chi connectivity index (χ2n) is 7.35. The quantitative estimate of drug-likeness (QED) is 0.861. The number of hydrogen-bond acceptors (Lipinski definition) is 4. The van der Waals surface area contributed by atoms with Crippen molar-refractivity contribution in [3.05, 3.63) is 17.2 Å². The van der Waals surface area contributed by atoms with Crippen LogP contribution in [0, 0.1) is 17.2 Å². The minimum Gasteiger partial charge on any atom is -0.344 e. The molecule has 0 bridgehead atoms. The van der Waals surface area contributed by atoms with Gasteiger partial charge in [-0.15, -0.1) is 0 Å². The minimum absolute atomic E-state index is 0.118. The number of nitrogens with one attached hydrogen (secondary N) is 1. The van der Waals surface area contributed by atoms with Crippen molar-refractivity contribution >= 4 is 5.91 Å². The number of rotatable bonds is 6. The molecule has 1 N–H and O–H groups in total. The van der Waals surface area contributed by atoms with Gasteiger partial charge in [0.25, 0.3) is 0 Å². The van der Waals surface area contributed by atoms with E-state index < -0.39 is 0 Å². The molecule has 1 fully saturated rings. The molecule has 1 amide bonds. The van der Waals surface area contributed by atoms with Crippen LogP contribution in [0.3, 0.4) is 0 Å². The van der Waals surface area contributed by atoms with Gasteiger partial charge < -0.3 is 9.88 Å². The Hall–Kier alpha value is -1.87. The smallest absolute Gasteiger partial charge is 0.236 e. The first-order chi connectivity index (χ1) is 12.1. The van der Waals surface area contributed by atoms with Gasteiger partial charge in [0.2, 0.25) is 5.91 Å². The number of likely N-dealkylation sites (tertiary alicyclic amines) is 1. The number of imidazole rings is 1. The largest absolute Gasteiger partial charge is 0.344 e. The van der Waals surface area contributed by atoms with Crippen LogP contribution in [-0.4, -0.2) is 51.9 Å². The van der Waals surface area contributed by atoms with E-state index in [-0.39, 0.29) is 17.9 Å². The zero-order valence-electron chi connectivity index (χ0n) is 15.4. The van der Waals surface area contributed by atoms with Gasteiger partial charge in [0, 0.05) is 18.8 Å². The van der Waals surface area contributed by atoms with Gasteiger partial charge in [0.15, 0.2) is 0 Å². The predicted molar refractivity (Wildman–Crippen MR) is 95.8 cm³/mol. The Morgan fingerprint density at radius 1 is 1.44 bits per heavy atom. The van der Waals surface area contributed by atoms with Gasteiger partial charge in [0.05, 0.1) is 30.3 Å². The molecular weight excluding hydrogens is 314 g/mol. The molecule has 2 heterocycles. The summed E-state index contributed by atoms with van der Waals surface area (Å²) in [5, 5.41) is 9.01. The number of aromatic amines is 1. The Balaban J connectivity index is 1.66. The second kappa shape index (κ2) is 8.01. The summed E-state index contributed by atoms with van der Waals surface area (Å²) >= 11 is 0. The van der Waals surface area contributed by atoms with E-state index in [1.54, 1.807) is 4.90 Å². The molecule has 1 aliphatic heterocycles. The van der Waals surface area contributed by atoms with E-state index in [1.807, 2.05) is 13.8 Å². The number of fused-ring (bicyclic) bond motifs is 1. The number of nitrogens with zero attached hydrogens (tertiary/aromatic N) is 4. The second-order valence-corrected chi connectivity index (χ2v) is 7.35. The number of carbonyl (C=O) groups excluding carboxylic acids is 1. The fraction of sp³-hybridized carbons (Fsp3) is 0.737. The average molecular weight is 343 g/mol. The Labute approximate surface area is 150 Å².